The first-order valence-electron chi connectivity index (χ1n) is 9.16. The van der Waals surface area contributed by atoms with Crippen molar-refractivity contribution in [3.8, 4) is 17.0 Å². The van der Waals surface area contributed by atoms with E-state index in [1.54, 1.807) is 18.3 Å². The minimum absolute atomic E-state index is 0.108. The van der Waals surface area contributed by atoms with Gasteiger partial charge in [-0.3, -0.25) is 5.32 Å². The fourth-order valence-electron chi connectivity index (χ4n) is 3.23. The molecular formula is C20H20FN5O3. The van der Waals surface area contributed by atoms with Crippen molar-refractivity contribution in [3.05, 3.63) is 42.0 Å². The molecule has 4 N–H and O–H groups in total. The van der Waals surface area contributed by atoms with Gasteiger partial charge in [-0.2, -0.15) is 0 Å². The van der Waals surface area contributed by atoms with Gasteiger partial charge in [-0.25, -0.2) is 19.2 Å². The Labute approximate surface area is 166 Å². The van der Waals surface area contributed by atoms with Gasteiger partial charge in [-0.15, -0.1) is 0 Å². The SMILES string of the molecule is Cc1c(-c2cc3cc(NC(=O)OCCN)ncc3cc2F)cnc2c1NCCO2. The summed E-state index contributed by atoms with van der Waals surface area (Å²) in [7, 11) is 0. The molecule has 0 aliphatic carbocycles. The van der Waals surface area contributed by atoms with Crippen molar-refractivity contribution in [1.29, 1.82) is 0 Å². The first-order valence-corrected chi connectivity index (χ1v) is 9.16. The van der Waals surface area contributed by atoms with Crippen LogP contribution in [0.15, 0.2) is 30.6 Å². The minimum atomic E-state index is -0.648. The van der Waals surface area contributed by atoms with Gasteiger partial charge in [0.15, 0.2) is 0 Å². The van der Waals surface area contributed by atoms with Crippen LogP contribution in [-0.2, 0) is 4.74 Å². The molecule has 0 spiro atoms. The van der Waals surface area contributed by atoms with Crippen LogP contribution in [0.2, 0.25) is 0 Å². The average molecular weight is 397 g/mol. The molecule has 0 bridgehead atoms. The first kappa shape index (κ1) is 18.9. The molecule has 1 aliphatic heterocycles. The molecule has 9 heteroatoms. The Morgan fingerprint density at radius 3 is 2.97 bits per heavy atom. The zero-order valence-electron chi connectivity index (χ0n) is 15.8. The summed E-state index contributed by atoms with van der Waals surface area (Å²) < 4.78 is 25.3. The zero-order chi connectivity index (χ0) is 20.4. The van der Waals surface area contributed by atoms with E-state index in [9.17, 15) is 9.18 Å². The van der Waals surface area contributed by atoms with E-state index in [0.29, 0.717) is 46.7 Å². The van der Waals surface area contributed by atoms with Crippen LogP contribution < -0.4 is 21.1 Å². The smallest absolute Gasteiger partial charge is 0.412 e. The Bertz CT molecular complexity index is 1090. The number of carbonyl (C=O) groups is 1. The maximum atomic E-state index is 14.9. The number of ether oxygens (including phenoxy) is 2. The largest absolute Gasteiger partial charge is 0.474 e. The predicted octanol–water partition coefficient (Wildman–Crippen LogP) is 3.06. The number of hydrogen-bond acceptors (Lipinski definition) is 7. The van der Waals surface area contributed by atoms with E-state index in [2.05, 4.69) is 20.6 Å². The van der Waals surface area contributed by atoms with Gasteiger partial charge >= 0.3 is 6.09 Å². The number of nitrogens with one attached hydrogen (secondary N) is 2. The van der Waals surface area contributed by atoms with Gasteiger partial charge in [0, 0.05) is 42.0 Å². The molecule has 1 amide bonds. The normalized spacial score (nSPS) is 12.7. The minimum Gasteiger partial charge on any atom is -0.474 e. The highest BCUT2D eigenvalue weighted by Gasteiger charge is 2.19. The van der Waals surface area contributed by atoms with E-state index in [0.717, 1.165) is 11.3 Å². The molecule has 29 heavy (non-hydrogen) atoms. The van der Waals surface area contributed by atoms with Gasteiger partial charge in [-0.1, -0.05) is 0 Å². The van der Waals surface area contributed by atoms with Crippen LogP contribution in [0.3, 0.4) is 0 Å². The maximum absolute atomic E-state index is 14.9. The zero-order valence-corrected chi connectivity index (χ0v) is 15.8. The summed E-state index contributed by atoms with van der Waals surface area (Å²) in [5.74, 6) is 0.432. The number of hydrogen-bond donors (Lipinski definition) is 3. The Morgan fingerprint density at radius 2 is 2.14 bits per heavy atom. The van der Waals surface area contributed by atoms with Gasteiger partial charge in [0.2, 0.25) is 5.88 Å². The Kier molecular flexibility index (Phi) is 5.13. The van der Waals surface area contributed by atoms with Gasteiger partial charge in [0.1, 0.15) is 30.5 Å². The number of amides is 1. The Morgan fingerprint density at radius 1 is 1.28 bits per heavy atom. The molecule has 8 nitrogen and oxygen atoms in total. The number of fused-ring (bicyclic) bond motifs is 2. The lowest BCUT2D eigenvalue weighted by molar-refractivity contribution is 0.165. The molecule has 1 aliphatic rings. The van der Waals surface area contributed by atoms with E-state index in [1.165, 1.54) is 12.3 Å². The van der Waals surface area contributed by atoms with E-state index in [1.807, 2.05) is 6.92 Å². The van der Waals surface area contributed by atoms with Crippen molar-refractivity contribution in [2.75, 3.05) is 36.9 Å². The average Bonchev–Trinajstić information content (AvgIpc) is 2.73. The molecule has 150 valence electrons. The molecule has 0 radical (unpaired) electrons. The highest BCUT2D eigenvalue weighted by Crippen LogP contribution is 2.37. The first-order chi connectivity index (χ1) is 14.1. The predicted molar refractivity (Wildman–Crippen MR) is 108 cm³/mol. The van der Waals surface area contributed by atoms with Crippen molar-refractivity contribution >= 4 is 28.4 Å². The summed E-state index contributed by atoms with van der Waals surface area (Å²) in [4.78, 5) is 20.2. The Hall–Kier alpha value is -3.46. The van der Waals surface area contributed by atoms with Gasteiger partial charge < -0.3 is 20.5 Å². The molecule has 0 saturated heterocycles. The molecule has 0 saturated carbocycles. The van der Waals surface area contributed by atoms with E-state index >= 15 is 0 Å². The maximum Gasteiger partial charge on any atom is 0.412 e. The molecule has 1 aromatic carbocycles. The number of rotatable bonds is 4. The monoisotopic (exact) mass is 397 g/mol. The lowest BCUT2D eigenvalue weighted by atomic mass is 9.98. The second-order valence-corrected chi connectivity index (χ2v) is 6.55. The molecule has 2 aromatic heterocycles. The number of benzene rings is 1. The summed E-state index contributed by atoms with van der Waals surface area (Å²) in [6.07, 6.45) is 2.45. The second kappa shape index (κ2) is 7.88. The molecular weight excluding hydrogens is 377 g/mol. The molecule has 3 heterocycles. The molecule has 0 unspecified atom stereocenters. The summed E-state index contributed by atoms with van der Waals surface area (Å²) in [5.41, 5.74) is 8.00. The molecule has 3 aromatic rings. The highest BCUT2D eigenvalue weighted by molar-refractivity contribution is 5.92. The summed E-state index contributed by atoms with van der Waals surface area (Å²) in [6, 6.07) is 4.78. The number of halogens is 1. The van der Waals surface area contributed by atoms with Crippen LogP contribution >= 0.6 is 0 Å². The Balaban J connectivity index is 1.72. The van der Waals surface area contributed by atoms with Gasteiger partial charge in [0.25, 0.3) is 0 Å². The van der Waals surface area contributed by atoms with E-state index in [-0.39, 0.29) is 19.0 Å². The van der Waals surface area contributed by atoms with Crippen molar-refractivity contribution in [2.24, 2.45) is 5.73 Å². The third-order valence-corrected chi connectivity index (χ3v) is 4.63. The lowest BCUT2D eigenvalue weighted by Gasteiger charge is -2.21. The number of aromatic nitrogens is 2. The number of carbonyl (C=O) groups excluding carboxylic acids is 1. The number of anilines is 2. The topological polar surface area (TPSA) is 111 Å². The standard InChI is InChI=1S/C20H20FN5O3/c1-11-15(10-25-19-18(11)23-3-5-28-19)14-6-12-8-17(26-20(27)29-4-2-22)24-9-13(12)7-16(14)21/h6-10,23H,2-5,22H2,1H3,(H,24,26,27). The number of pyridine rings is 2. The molecule has 4 rings (SSSR count). The van der Waals surface area contributed by atoms with E-state index < -0.39 is 6.09 Å². The van der Waals surface area contributed by atoms with Crippen LogP contribution in [0.25, 0.3) is 21.9 Å². The number of nitrogens with zero attached hydrogens (tertiary/aromatic N) is 2. The highest BCUT2D eigenvalue weighted by atomic mass is 19.1. The summed E-state index contributed by atoms with van der Waals surface area (Å²) in [6.45, 7) is 3.44. The van der Waals surface area contributed by atoms with Crippen LogP contribution in [0.1, 0.15) is 5.56 Å². The van der Waals surface area contributed by atoms with Crippen molar-refractivity contribution in [2.45, 2.75) is 6.92 Å². The summed E-state index contributed by atoms with van der Waals surface area (Å²) >= 11 is 0. The van der Waals surface area contributed by atoms with Crippen molar-refractivity contribution in [3.63, 3.8) is 0 Å². The van der Waals surface area contributed by atoms with Crippen molar-refractivity contribution in [1.82, 2.24) is 9.97 Å². The fourth-order valence-corrected chi connectivity index (χ4v) is 3.23. The lowest BCUT2D eigenvalue weighted by Crippen LogP contribution is -2.20. The summed E-state index contributed by atoms with van der Waals surface area (Å²) in [5, 5.41) is 7.11. The molecule has 0 fully saturated rings. The number of nitrogens with two attached hydrogens (primary N) is 1. The fraction of sp³-hybridized carbons (Fsp3) is 0.250. The van der Waals surface area contributed by atoms with Crippen molar-refractivity contribution < 1.29 is 18.7 Å². The van der Waals surface area contributed by atoms with Crippen LogP contribution in [0.4, 0.5) is 20.7 Å². The van der Waals surface area contributed by atoms with Gasteiger partial charge in [0.05, 0.1) is 0 Å². The van der Waals surface area contributed by atoms with Crippen LogP contribution in [-0.4, -0.2) is 42.4 Å². The quantitative estimate of drug-likeness (QED) is 0.620. The molecule has 0 atom stereocenters. The van der Waals surface area contributed by atoms with E-state index in [4.69, 9.17) is 15.2 Å². The van der Waals surface area contributed by atoms with Gasteiger partial charge in [-0.05, 0) is 36.1 Å². The van der Waals surface area contributed by atoms with Crippen LogP contribution in [0, 0.1) is 12.7 Å². The van der Waals surface area contributed by atoms with Crippen LogP contribution in [0.5, 0.6) is 5.88 Å². The third kappa shape index (κ3) is 3.77. The third-order valence-electron chi connectivity index (χ3n) is 4.63. The second-order valence-electron chi connectivity index (χ2n) is 6.55.